The zero-order chi connectivity index (χ0) is 19.4. The lowest BCUT2D eigenvalue weighted by Crippen LogP contribution is -2.33. The van der Waals surface area contributed by atoms with Crippen LogP contribution in [0.25, 0.3) is 0 Å². The van der Waals surface area contributed by atoms with E-state index in [2.05, 4.69) is 25.4 Å². The van der Waals surface area contributed by atoms with Gasteiger partial charge in [0.25, 0.3) is 0 Å². The highest BCUT2D eigenvalue weighted by Gasteiger charge is 2.34. The normalized spacial score (nSPS) is 13.4. The van der Waals surface area contributed by atoms with Crippen LogP contribution < -0.4 is 9.46 Å². The van der Waals surface area contributed by atoms with E-state index in [0.29, 0.717) is 12.8 Å². The van der Waals surface area contributed by atoms with Crippen molar-refractivity contribution in [3.8, 4) is 5.75 Å². The van der Waals surface area contributed by atoms with Crippen LogP contribution in [0.1, 0.15) is 18.9 Å². The largest absolute Gasteiger partial charge is 0.573 e. The number of rotatable bonds is 7. The molecule has 0 radical (unpaired) electrons. The van der Waals surface area contributed by atoms with Crippen molar-refractivity contribution in [3.05, 3.63) is 58.6 Å². The predicted octanol–water partition coefficient (Wildman–Crippen LogP) is 4.65. The third-order valence-corrected chi connectivity index (χ3v) is 5.61. The van der Waals surface area contributed by atoms with Gasteiger partial charge in [0.2, 0.25) is 10.0 Å². The summed E-state index contributed by atoms with van der Waals surface area (Å²) in [6.07, 6.45) is -3.87. The average molecular weight is 452 g/mol. The van der Waals surface area contributed by atoms with Crippen LogP contribution in [0.15, 0.2) is 57.9 Å². The molecule has 0 spiro atoms. The molecule has 2 aromatic rings. The highest BCUT2D eigenvalue weighted by Crippen LogP contribution is 2.32. The SMILES string of the molecule is CC(CCc1ccccc1)NS(=O)(=O)c1ccc(Br)cc1OC(F)(F)F. The maximum Gasteiger partial charge on any atom is 0.573 e. The highest BCUT2D eigenvalue weighted by atomic mass is 79.9. The number of ether oxygens (including phenoxy) is 1. The summed E-state index contributed by atoms with van der Waals surface area (Å²) >= 11 is 3.01. The summed E-state index contributed by atoms with van der Waals surface area (Å²) in [5.41, 5.74) is 1.04. The van der Waals surface area contributed by atoms with Crippen LogP contribution in [-0.4, -0.2) is 20.8 Å². The summed E-state index contributed by atoms with van der Waals surface area (Å²) in [4.78, 5) is -0.565. The molecule has 4 nitrogen and oxygen atoms in total. The molecule has 0 saturated heterocycles. The van der Waals surface area contributed by atoms with Crippen molar-refractivity contribution >= 4 is 26.0 Å². The fraction of sp³-hybridized carbons (Fsp3) is 0.294. The van der Waals surface area contributed by atoms with Gasteiger partial charge in [0, 0.05) is 10.5 Å². The Morgan fingerprint density at radius 3 is 2.42 bits per heavy atom. The van der Waals surface area contributed by atoms with Crippen LogP contribution >= 0.6 is 15.9 Å². The van der Waals surface area contributed by atoms with Crippen molar-refractivity contribution in [1.82, 2.24) is 4.72 Å². The van der Waals surface area contributed by atoms with Crippen molar-refractivity contribution in [2.24, 2.45) is 0 Å². The Kier molecular flexibility index (Phi) is 6.70. The van der Waals surface area contributed by atoms with E-state index in [1.807, 2.05) is 30.3 Å². The Labute approximate surface area is 158 Å². The summed E-state index contributed by atoms with van der Waals surface area (Å²) in [7, 11) is -4.18. The van der Waals surface area contributed by atoms with Crippen LogP contribution in [-0.2, 0) is 16.4 Å². The molecule has 0 aliphatic heterocycles. The molecular weight excluding hydrogens is 435 g/mol. The molecule has 1 N–H and O–H groups in total. The lowest BCUT2D eigenvalue weighted by molar-refractivity contribution is -0.275. The Morgan fingerprint density at radius 2 is 1.81 bits per heavy atom. The van der Waals surface area contributed by atoms with Gasteiger partial charge in [-0.2, -0.15) is 0 Å². The number of alkyl halides is 3. The molecule has 26 heavy (non-hydrogen) atoms. The van der Waals surface area contributed by atoms with Gasteiger partial charge in [0.05, 0.1) is 0 Å². The first-order valence-electron chi connectivity index (χ1n) is 7.68. The van der Waals surface area contributed by atoms with E-state index in [4.69, 9.17) is 0 Å². The molecule has 0 aliphatic carbocycles. The fourth-order valence-electron chi connectivity index (χ4n) is 2.32. The molecule has 0 aliphatic rings. The zero-order valence-electron chi connectivity index (χ0n) is 13.8. The fourth-order valence-corrected chi connectivity index (χ4v) is 4.05. The number of aryl methyl sites for hydroxylation is 1. The molecule has 2 aromatic carbocycles. The van der Waals surface area contributed by atoms with Gasteiger partial charge in [-0.05, 0) is 43.5 Å². The summed E-state index contributed by atoms with van der Waals surface area (Å²) in [5.74, 6) is -0.783. The molecule has 0 fully saturated rings. The first kappa shape index (κ1) is 20.7. The number of hydrogen-bond donors (Lipinski definition) is 1. The van der Waals surface area contributed by atoms with Crippen LogP contribution in [0.5, 0.6) is 5.75 Å². The third kappa shape index (κ3) is 6.30. The Bertz CT molecular complexity index is 842. The second-order valence-corrected chi connectivity index (χ2v) is 8.28. The lowest BCUT2D eigenvalue weighted by atomic mass is 10.1. The highest BCUT2D eigenvalue weighted by molar-refractivity contribution is 9.10. The molecule has 0 heterocycles. The summed E-state index contributed by atoms with van der Waals surface area (Å²) < 4.78 is 69.2. The molecule has 142 valence electrons. The van der Waals surface area contributed by atoms with Gasteiger partial charge in [-0.1, -0.05) is 46.3 Å². The van der Waals surface area contributed by atoms with Crippen molar-refractivity contribution < 1.29 is 26.3 Å². The predicted molar refractivity (Wildman–Crippen MR) is 95.4 cm³/mol. The van der Waals surface area contributed by atoms with Crippen molar-refractivity contribution in [1.29, 1.82) is 0 Å². The standard InChI is InChI=1S/C17H17BrF3NO3S/c1-12(7-8-13-5-3-2-4-6-13)22-26(23,24)16-10-9-14(18)11-15(16)25-17(19,20)21/h2-6,9-12,22H,7-8H2,1H3. The third-order valence-electron chi connectivity index (χ3n) is 3.49. The minimum absolute atomic E-state index is 0.271. The first-order chi connectivity index (χ1) is 12.1. The molecule has 0 saturated carbocycles. The molecule has 2 rings (SSSR count). The van der Waals surface area contributed by atoms with Crippen LogP contribution in [0.2, 0.25) is 0 Å². The maximum atomic E-state index is 12.6. The van der Waals surface area contributed by atoms with Crippen molar-refractivity contribution in [2.75, 3.05) is 0 Å². The van der Waals surface area contributed by atoms with Gasteiger partial charge in [0.1, 0.15) is 4.90 Å². The average Bonchev–Trinajstić information content (AvgIpc) is 2.51. The lowest BCUT2D eigenvalue weighted by Gasteiger charge is -2.17. The van der Waals surface area contributed by atoms with Gasteiger partial charge in [-0.3, -0.25) is 0 Å². The number of halogens is 4. The van der Waals surface area contributed by atoms with Gasteiger partial charge < -0.3 is 4.74 Å². The second kappa shape index (κ2) is 8.41. The maximum absolute atomic E-state index is 12.6. The molecule has 0 bridgehead atoms. The first-order valence-corrected chi connectivity index (χ1v) is 9.96. The van der Waals surface area contributed by atoms with E-state index in [1.165, 1.54) is 6.07 Å². The smallest absolute Gasteiger partial charge is 0.404 e. The summed E-state index contributed by atoms with van der Waals surface area (Å²) in [5, 5.41) is 0. The van der Waals surface area contributed by atoms with E-state index in [9.17, 15) is 21.6 Å². The molecule has 0 aromatic heterocycles. The molecular formula is C17H17BrF3NO3S. The second-order valence-electron chi connectivity index (χ2n) is 5.69. The van der Waals surface area contributed by atoms with Gasteiger partial charge in [-0.25, -0.2) is 13.1 Å². The zero-order valence-corrected chi connectivity index (χ0v) is 16.2. The van der Waals surface area contributed by atoms with E-state index < -0.39 is 33.1 Å². The van der Waals surface area contributed by atoms with Gasteiger partial charge >= 0.3 is 6.36 Å². The quantitative estimate of drug-likeness (QED) is 0.666. The molecule has 9 heteroatoms. The number of sulfonamides is 1. The molecule has 1 atom stereocenters. The number of hydrogen-bond acceptors (Lipinski definition) is 3. The van der Waals surface area contributed by atoms with E-state index in [0.717, 1.165) is 17.7 Å². The van der Waals surface area contributed by atoms with Crippen LogP contribution in [0.4, 0.5) is 13.2 Å². The summed E-state index contributed by atoms with van der Waals surface area (Å²) in [6.45, 7) is 1.66. The van der Waals surface area contributed by atoms with Crippen molar-refractivity contribution in [2.45, 2.75) is 37.1 Å². The molecule has 1 unspecified atom stereocenters. The van der Waals surface area contributed by atoms with Crippen LogP contribution in [0, 0.1) is 0 Å². The van der Waals surface area contributed by atoms with E-state index in [1.54, 1.807) is 6.92 Å². The van der Waals surface area contributed by atoms with Crippen molar-refractivity contribution in [3.63, 3.8) is 0 Å². The van der Waals surface area contributed by atoms with E-state index >= 15 is 0 Å². The Balaban J connectivity index is 2.14. The summed E-state index contributed by atoms with van der Waals surface area (Å²) in [6, 6.07) is 12.4. The topological polar surface area (TPSA) is 55.4 Å². The van der Waals surface area contributed by atoms with E-state index in [-0.39, 0.29) is 4.47 Å². The molecule has 0 amide bonds. The van der Waals surface area contributed by atoms with Crippen LogP contribution in [0.3, 0.4) is 0 Å². The Hall–Kier alpha value is -1.58. The minimum Gasteiger partial charge on any atom is -0.404 e. The number of benzene rings is 2. The van der Waals surface area contributed by atoms with Gasteiger partial charge in [0.15, 0.2) is 5.75 Å². The minimum atomic E-state index is -5.00. The monoisotopic (exact) mass is 451 g/mol. The number of nitrogens with one attached hydrogen (secondary N) is 1. The van der Waals surface area contributed by atoms with Gasteiger partial charge in [-0.15, -0.1) is 13.2 Å². The Morgan fingerprint density at radius 1 is 1.15 bits per heavy atom.